The van der Waals surface area contributed by atoms with Crippen molar-refractivity contribution in [1.82, 2.24) is 5.32 Å². The van der Waals surface area contributed by atoms with Gasteiger partial charge in [-0.15, -0.1) is 0 Å². The Hall–Kier alpha value is -0.930. The zero-order chi connectivity index (χ0) is 11.6. The Morgan fingerprint density at radius 2 is 2.19 bits per heavy atom. The topological polar surface area (TPSA) is 21.3 Å². The fraction of sp³-hybridized carbons (Fsp3) is 0.538. The number of benzene rings is 1. The van der Waals surface area contributed by atoms with Gasteiger partial charge in [0.15, 0.2) is 0 Å². The molecule has 2 nitrogen and oxygen atoms in total. The highest BCUT2D eigenvalue weighted by Gasteiger charge is 1.94. The average molecular weight is 225 g/mol. The zero-order valence-electron chi connectivity index (χ0n) is 9.84. The van der Waals surface area contributed by atoms with Crippen molar-refractivity contribution in [3.63, 3.8) is 0 Å². The van der Waals surface area contributed by atoms with Crippen LogP contribution in [0.5, 0.6) is 0 Å². The van der Waals surface area contributed by atoms with Crippen LogP contribution in [0.25, 0.3) is 0 Å². The summed E-state index contributed by atoms with van der Waals surface area (Å²) in [5.41, 5.74) is 0.981. The van der Waals surface area contributed by atoms with Crippen molar-refractivity contribution < 1.29 is 9.13 Å². The number of nitrogens with one attached hydrogen (secondary N) is 1. The van der Waals surface area contributed by atoms with Gasteiger partial charge >= 0.3 is 0 Å². The lowest BCUT2D eigenvalue weighted by Gasteiger charge is -2.05. The third-order valence-corrected chi connectivity index (χ3v) is 2.21. The fourth-order valence-corrected chi connectivity index (χ4v) is 1.43. The van der Waals surface area contributed by atoms with Gasteiger partial charge in [-0.25, -0.2) is 4.39 Å². The second-order valence-electron chi connectivity index (χ2n) is 3.77. The van der Waals surface area contributed by atoms with Gasteiger partial charge in [0, 0.05) is 19.8 Å². The normalized spacial score (nSPS) is 10.6. The first-order chi connectivity index (χ1) is 7.83. The Balaban J connectivity index is 2.03. The van der Waals surface area contributed by atoms with Gasteiger partial charge in [0.1, 0.15) is 5.82 Å². The molecule has 3 heteroatoms. The smallest absolute Gasteiger partial charge is 0.123 e. The van der Waals surface area contributed by atoms with Crippen molar-refractivity contribution in [3.05, 3.63) is 35.6 Å². The summed E-state index contributed by atoms with van der Waals surface area (Å²) in [4.78, 5) is 0. The molecule has 0 aliphatic rings. The first-order valence-corrected chi connectivity index (χ1v) is 5.86. The molecule has 0 amide bonds. The van der Waals surface area contributed by atoms with Gasteiger partial charge in [-0.3, -0.25) is 0 Å². The molecular formula is C13H20FNO. The Morgan fingerprint density at radius 1 is 1.31 bits per heavy atom. The van der Waals surface area contributed by atoms with Gasteiger partial charge in [-0.1, -0.05) is 19.1 Å². The van der Waals surface area contributed by atoms with E-state index in [0.717, 1.165) is 38.2 Å². The second-order valence-corrected chi connectivity index (χ2v) is 3.77. The minimum absolute atomic E-state index is 0.175. The highest BCUT2D eigenvalue weighted by atomic mass is 19.1. The third-order valence-electron chi connectivity index (χ3n) is 2.21. The molecule has 0 atom stereocenters. The van der Waals surface area contributed by atoms with Gasteiger partial charge in [0.2, 0.25) is 0 Å². The van der Waals surface area contributed by atoms with Crippen molar-refractivity contribution in [3.8, 4) is 0 Å². The molecule has 1 rings (SSSR count). The van der Waals surface area contributed by atoms with E-state index >= 15 is 0 Å². The average Bonchev–Trinajstić information content (AvgIpc) is 2.28. The van der Waals surface area contributed by atoms with Crippen molar-refractivity contribution >= 4 is 0 Å². The quantitative estimate of drug-likeness (QED) is 0.687. The van der Waals surface area contributed by atoms with Gasteiger partial charge in [0.05, 0.1) is 0 Å². The summed E-state index contributed by atoms with van der Waals surface area (Å²) in [6, 6.07) is 6.67. The van der Waals surface area contributed by atoms with Gasteiger partial charge in [-0.2, -0.15) is 0 Å². The first-order valence-electron chi connectivity index (χ1n) is 5.86. The summed E-state index contributed by atoms with van der Waals surface area (Å²) in [5, 5.41) is 3.26. The van der Waals surface area contributed by atoms with Crippen molar-refractivity contribution in [2.24, 2.45) is 0 Å². The Labute approximate surface area is 96.8 Å². The molecule has 90 valence electrons. The molecule has 1 N–H and O–H groups in total. The van der Waals surface area contributed by atoms with Crippen LogP contribution in [0.15, 0.2) is 24.3 Å². The van der Waals surface area contributed by atoms with Gasteiger partial charge < -0.3 is 10.1 Å². The van der Waals surface area contributed by atoms with Gasteiger partial charge in [-0.05, 0) is 37.1 Å². The Kier molecular flexibility index (Phi) is 6.77. The molecule has 0 bridgehead atoms. The van der Waals surface area contributed by atoms with Crippen LogP contribution >= 0.6 is 0 Å². The largest absolute Gasteiger partial charge is 0.381 e. The SMILES string of the molecule is CCCOCCCNCc1cccc(F)c1. The molecule has 0 heterocycles. The number of hydrogen-bond donors (Lipinski definition) is 1. The summed E-state index contributed by atoms with van der Waals surface area (Å²) in [6.45, 7) is 5.35. The molecule has 0 saturated carbocycles. The molecule has 0 fully saturated rings. The Morgan fingerprint density at radius 3 is 2.94 bits per heavy atom. The molecular weight excluding hydrogens is 205 g/mol. The van der Waals surface area contributed by atoms with E-state index in [0.29, 0.717) is 6.54 Å². The Bertz CT molecular complexity index is 291. The summed E-state index contributed by atoms with van der Waals surface area (Å²) < 4.78 is 18.2. The molecule has 16 heavy (non-hydrogen) atoms. The van der Waals surface area contributed by atoms with Crippen LogP contribution in [0.1, 0.15) is 25.3 Å². The lowest BCUT2D eigenvalue weighted by molar-refractivity contribution is 0.132. The third kappa shape index (κ3) is 5.83. The predicted octanol–water partition coefficient (Wildman–Crippen LogP) is 2.73. The fourth-order valence-electron chi connectivity index (χ4n) is 1.43. The molecule has 0 unspecified atom stereocenters. The monoisotopic (exact) mass is 225 g/mol. The van der Waals surface area contributed by atoms with E-state index in [4.69, 9.17) is 4.74 Å². The van der Waals surface area contributed by atoms with Crippen molar-refractivity contribution in [2.75, 3.05) is 19.8 Å². The highest BCUT2D eigenvalue weighted by Crippen LogP contribution is 2.02. The van der Waals surface area contributed by atoms with Crippen molar-refractivity contribution in [2.45, 2.75) is 26.3 Å². The van der Waals surface area contributed by atoms with Crippen LogP contribution in [-0.4, -0.2) is 19.8 Å². The van der Waals surface area contributed by atoms with Crippen LogP contribution in [0.2, 0.25) is 0 Å². The summed E-state index contributed by atoms with van der Waals surface area (Å²) >= 11 is 0. The standard InChI is InChI=1S/C13H20FNO/c1-2-8-16-9-4-7-15-11-12-5-3-6-13(14)10-12/h3,5-6,10,15H,2,4,7-9,11H2,1H3. The number of rotatable bonds is 8. The second kappa shape index (κ2) is 8.25. The molecule has 0 saturated heterocycles. The molecule has 1 aromatic rings. The van der Waals surface area contributed by atoms with E-state index in [1.54, 1.807) is 12.1 Å². The summed E-state index contributed by atoms with van der Waals surface area (Å²) in [7, 11) is 0. The maximum absolute atomic E-state index is 12.8. The maximum atomic E-state index is 12.8. The molecule has 0 aliphatic carbocycles. The van der Waals surface area contributed by atoms with Crippen LogP contribution in [-0.2, 0) is 11.3 Å². The van der Waals surface area contributed by atoms with Crippen molar-refractivity contribution in [1.29, 1.82) is 0 Å². The minimum atomic E-state index is -0.175. The first kappa shape index (κ1) is 13.1. The van der Waals surface area contributed by atoms with Crippen LogP contribution in [0.3, 0.4) is 0 Å². The van der Waals surface area contributed by atoms with E-state index in [1.807, 2.05) is 6.07 Å². The number of halogens is 1. The highest BCUT2D eigenvalue weighted by molar-refractivity contribution is 5.15. The summed E-state index contributed by atoms with van der Waals surface area (Å²) in [6.07, 6.45) is 2.06. The molecule has 0 aromatic heterocycles. The van der Waals surface area contributed by atoms with Crippen LogP contribution in [0.4, 0.5) is 4.39 Å². The molecule has 0 spiro atoms. The lowest BCUT2D eigenvalue weighted by atomic mass is 10.2. The van der Waals surface area contributed by atoms with E-state index in [9.17, 15) is 4.39 Å². The van der Waals surface area contributed by atoms with Gasteiger partial charge in [0.25, 0.3) is 0 Å². The van der Waals surface area contributed by atoms with Crippen LogP contribution < -0.4 is 5.32 Å². The van der Waals surface area contributed by atoms with Crippen LogP contribution in [0, 0.1) is 5.82 Å². The van der Waals surface area contributed by atoms with E-state index in [-0.39, 0.29) is 5.82 Å². The molecule has 0 aliphatic heterocycles. The lowest BCUT2D eigenvalue weighted by Crippen LogP contribution is -2.16. The van der Waals surface area contributed by atoms with E-state index < -0.39 is 0 Å². The van der Waals surface area contributed by atoms with E-state index in [2.05, 4.69) is 12.2 Å². The zero-order valence-corrected chi connectivity index (χ0v) is 9.84. The minimum Gasteiger partial charge on any atom is -0.381 e. The predicted molar refractivity (Wildman–Crippen MR) is 63.8 cm³/mol. The number of ether oxygens (including phenoxy) is 1. The number of hydrogen-bond acceptors (Lipinski definition) is 2. The molecule has 1 aromatic carbocycles. The maximum Gasteiger partial charge on any atom is 0.123 e. The summed E-state index contributed by atoms with van der Waals surface area (Å²) in [5.74, 6) is -0.175. The van der Waals surface area contributed by atoms with E-state index in [1.165, 1.54) is 6.07 Å². The molecule has 0 radical (unpaired) electrons.